The topological polar surface area (TPSA) is 106 Å². The molecule has 3 aromatic carbocycles. The number of methoxy groups -OCH3 is 2. The number of amides is 1. The minimum absolute atomic E-state index is 0.0132. The molecule has 1 saturated heterocycles. The van der Waals surface area contributed by atoms with E-state index in [0.717, 1.165) is 31.6 Å². The molecule has 4 rings (SSSR count). The minimum Gasteiger partial charge on any atom is -0.495 e. The summed E-state index contributed by atoms with van der Waals surface area (Å²) in [7, 11) is 7.26. The highest BCUT2D eigenvalue weighted by molar-refractivity contribution is 6.41. The molecular formula is C29H33Cl2N5O3. The van der Waals surface area contributed by atoms with E-state index in [2.05, 4.69) is 28.9 Å². The van der Waals surface area contributed by atoms with Crippen molar-refractivity contribution in [2.45, 2.75) is 18.9 Å². The molecule has 1 heterocycles. The summed E-state index contributed by atoms with van der Waals surface area (Å²) in [6.45, 7) is 1.96. The van der Waals surface area contributed by atoms with Gasteiger partial charge in [0.2, 0.25) is 0 Å². The van der Waals surface area contributed by atoms with Crippen molar-refractivity contribution in [3.63, 3.8) is 0 Å². The van der Waals surface area contributed by atoms with Crippen molar-refractivity contribution in [3.05, 3.63) is 69.7 Å². The van der Waals surface area contributed by atoms with E-state index in [1.807, 2.05) is 12.1 Å². The van der Waals surface area contributed by atoms with E-state index in [1.165, 1.54) is 14.2 Å². The van der Waals surface area contributed by atoms with Crippen LogP contribution in [0.15, 0.2) is 53.5 Å². The summed E-state index contributed by atoms with van der Waals surface area (Å²) in [5.41, 5.74) is 15.9. The molecule has 206 valence electrons. The Morgan fingerprint density at radius 1 is 0.974 bits per heavy atom. The lowest BCUT2D eigenvalue weighted by Gasteiger charge is -2.36. The minimum atomic E-state index is -0.447. The normalized spacial score (nSPS) is 14.5. The number of ether oxygens (including phenoxy) is 2. The molecule has 10 heteroatoms. The van der Waals surface area contributed by atoms with Gasteiger partial charge >= 0.3 is 0 Å². The molecule has 1 amide bonds. The second-order valence-corrected chi connectivity index (χ2v) is 10.4. The Balaban J connectivity index is 1.52. The number of nitrogens with zero attached hydrogens (tertiary/aromatic N) is 3. The Hall–Kier alpha value is -3.46. The first-order valence-corrected chi connectivity index (χ1v) is 13.3. The Kier molecular flexibility index (Phi) is 8.90. The van der Waals surface area contributed by atoms with Crippen LogP contribution in [-0.4, -0.2) is 64.1 Å². The predicted molar refractivity (Wildman–Crippen MR) is 160 cm³/mol. The number of aliphatic imine (C=N–C) groups is 1. The average Bonchev–Trinajstić information content (AvgIpc) is 2.93. The summed E-state index contributed by atoms with van der Waals surface area (Å²) >= 11 is 13.1. The Labute approximate surface area is 239 Å². The number of amidine groups is 1. The molecule has 1 fully saturated rings. The predicted octanol–water partition coefficient (Wildman–Crippen LogP) is 5.34. The van der Waals surface area contributed by atoms with Gasteiger partial charge < -0.3 is 30.7 Å². The number of nitrogens with two attached hydrogens (primary N) is 2. The third-order valence-corrected chi connectivity index (χ3v) is 7.84. The fourth-order valence-electron chi connectivity index (χ4n) is 4.78. The van der Waals surface area contributed by atoms with Gasteiger partial charge in [0.25, 0.3) is 5.91 Å². The summed E-state index contributed by atoms with van der Waals surface area (Å²) in [6.07, 6.45) is 2.22. The van der Waals surface area contributed by atoms with E-state index in [1.54, 1.807) is 36.4 Å². The van der Waals surface area contributed by atoms with Crippen LogP contribution in [0.4, 0.5) is 11.4 Å². The Morgan fingerprint density at radius 2 is 1.56 bits per heavy atom. The van der Waals surface area contributed by atoms with Crippen molar-refractivity contribution < 1.29 is 14.3 Å². The zero-order valence-corrected chi connectivity index (χ0v) is 24.0. The van der Waals surface area contributed by atoms with Gasteiger partial charge in [-0.2, -0.15) is 4.99 Å². The van der Waals surface area contributed by atoms with Crippen molar-refractivity contribution >= 4 is 46.3 Å². The van der Waals surface area contributed by atoms with Gasteiger partial charge in [0.05, 0.1) is 24.3 Å². The highest BCUT2D eigenvalue weighted by Crippen LogP contribution is 2.46. The first kappa shape index (κ1) is 28.5. The fraction of sp³-hybridized carbons (Fsp3) is 0.310. The summed E-state index contributed by atoms with van der Waals surface area (Å²) in [6, 6.07) is 14.8. The number of rotatable bonds is 7. The van der Waals surface area contributed by atoms with Gasteiger partial charge in [-0.05, 0) is 68.9 Å². The largest absolute Gasteiger partial charge is 0.495 e. The van der Waals surface area contributed by atoms with Crippen molar-refractivity contribution in [2.75, 3.05) is 52.0 Å². The lowest BCUT2D eigenvalue weighted by molar-refractivity contribution is 0.100. The molecule has 4 N–H and O–H groups in total. The zero-order chi connectivity index (χ0) is 28.3. The summed E-state index contributed by atoms with van der Waals surface area (Å²) in [5.74, 6) is 0.384. The van der Waals surface area contributed by atoms with Crippen LogP contribution in [0.2, 0.25) is 10.0 Å². The van der Waals surface area contributed by atoms with Crippen LogP contribution in [0, 0.1) is 0 Å². The van der Waals surface area contributed by atoms with Gasteiger partial charge in [-0.3, -0.25) is 4.79 Å². The summed E-state index contributed by atoms with van der Waals surface area (Å²) < 4.78 is 10.7. The Bertz CT molecular complexity index is 1360. The number of hydrogen-bond donors (Lipinski definition) is 2. The highest BCUT2D eigenvalue weighted by atomic mass is 35.5. The van der Waals surface area contributed by atoms with E-state index in [9.17, 15) is 4.79 Å². The van der Waals surface area contributed by atoms with E-state index < -0.39 is 5.91 Å². The summed E-state index contributed by atoms with van der Waals surface area (Å²) in [5, 5.41) is 0.635. The van der Waals surface area contributed by atoms with Gasteiger partial charge in [-0.15, -0.1) is 0 Å². The van der Waals surface area contributed by atoms with Gasteiger partial charge in [-0.1, -0.05) is 29.3 Å². The van der Waals surface area contributed by atoms with Crippen molar-refractivity contribution in [1.82, 2.24) is 4.90 Å². The Morgan fingerprint density at radius 3 is 2.08 bits per heavy atom. The lowest BCUT2D eigenvalue weighted by atomic mass is 10.0. The second kappa shape index (κ2) is 12.2. The zero-order valence-electron chi connectivity index (χ0n) is 22.5. The highest BCUT2D eigenvalue weighted by Gasteiger charge is 2.22. The van der Waals surface area contributed by atoms with Crippen LogP contribution < -0.4 is 25.8 Å². The number of hydrogen-bond acceptors (Lipinski definition) is 6. The number of carbonyl (C=O) groups excluding carboxylic acids is 1. The van der Waals surface area contributed by atoms with Crippen LogP contribution in [0.1, 0.15) is 28.8 Å². The first-order valence-electron chi connectivity index (χ1n) is 12.5. The van der Waals surface area contributed by atoms with Crippen molar-refractivity contribution in [1.29, 1.82) is 0 Å². The molecule has 39 heavy (non-hydrogen) atoms. The molecule has 8 nitrogen and oxygen atoms in total. The van der Waals surface area contributed by atoms with Gasteiger partial charge in [0.1, 0.15) is 17.3 Å². The number of benzene rings is 3. The van der Waals surface area contributed by atoms with Crippen molar-refractivity contribution in [3.8, 4) is 22.6 Å². The molecule has 0 unspecified atom stereocenters. The van der Waals surface area contributed by atoms with Crippen molar-refractivity contribution in [2.24, 2.45) is 10.7 Å². The van der Waals surface area contributed by atoms with Crippen LogP contribution in [0.3, 0.4) is 0 Å². The number of anilines is 2. The van der Waals surface area contributed by atoms with Gasteiger partial charge in [0.15, 0.2) is 0 Å². The molecule has 1 aliphatic heterocycles. The molecule has 0 bridgehead atoms. The number of nitrogen functional groups attached to an aromatic ring is 1. The lowest BCUT2D eigenvalue weighted by Crippen LogP contribution is -2.41. The van der Waals surface area contributed by atoms with E-state index >= 15 is 0 Å². The maximum absolute atomic E-state index is 12.9. The standard InChI is InChI=1S/C29H33Cl2N5O3/c1-35(2)19-11-13-36(14-12-19)20-8-5-17(6-9-20)29(37)34-28(33)21-10-7-18(15-22(21)32)25-26(30)23(38-3)16-24(39-4)27(25)31/h5-10,15-16,19H,11-14,32H2,1-4H3,(H2,33,34,37). The third-order valence-electron chi connectivity index (χ3n) is 7.09. The number of piperidine rings is 1. The molecule has 3 aromatic rings. The van der Waals surface area contributed by atoms with E-state index in [-0.39, 0.29) is 5.84 Å². The first-order chi connectivity index (χ1) is 18.6. The molecule has 0 saturated carbocycles. The second-order valence-electron chi connectivity index (χ2n) is 9.62. The number of carbonyl (C=O) groups is 1. The van der Waals surface area contributed by atoms with Crippen LogP contribution in [-0.2, 0) is 0 Å². The van der Waals surface area contributed by atoms with E-state index in [4.69, 9.17) is 44.1 Å². The van der Waals surface area contributed by atoms with Crippen LogP contribution in [0.25, 0.3) is 11.1 Å². The SMILES string of the molecule is COc1cc(OC)c(Cl)c(-c2ccc(C(N)=NC(=O)c3ccc(N4CCC(N(C)C)CC4)cc3)c(N)c2)c1Cl. The average molecular weight is 571 g/mol. The number of halogens is 2. The maximum Gasteiger partial charge on any atom is 0.278 e. The molecule has 0 aromatic heterocycles. The van der Waals surface area contributed by atoms with E-state index in [0.29, 0.717) is 55.5 Å². The van der Waals surface area contributed by atoms with Crippen LogP contribution >= 0.6 is 23.2 Å². The van der Waals surface area contributed by atoms with Gasteiger partial charge in [-0.25, -0.2) is 0 Å². The monoisotopic (exact) mass is 569 g/mol. The molecule has 0 aliphatic carbocycles. The smallest absolute Gasteiger partial charge is 0.278 e. The third kappa shape index (κ3) is 6.08. The molecule has 1 aliphatic rings. The summed E-state index contributed by atoms with van der Waals surface area (Å²) in [4.78, 5) is 21.6. The molecule has 0 radical (unpaired) electrons. The van der Waals surface area contributed by atoms with Gasteiger partial charge in [0, 0.05) is 53.3 Å². The fourth-order valence-corrected chi connectivity index (χ4v) is 5.50. The molecular weight excluding hydrogens is 537 g/mol. The maximum atomic E-state index is 12.9. The van der Waals surface area contributed by atoms with Crippen LogP contribution in [0.5, 0.6) is 11.5 Å². The quantitative estimate of drug-likeness (QED) is 0.225. The molecule has 0 spiro atoms. The molecule has 0 atom stereocenters.